The molecule has 0 aliphatic carbocycles. The number of primary amides is 1. The second-order valence-corrected chi connectivity index (χ2v) is 9.80. The van der Waals surface area contributed by atoms with Gasteiger partial charge in [-0.25, -0.2) is 0 Å². The number of aromatic hydroxyl groups is 1. The Balaban J connectivity index is 3.02. The minimum absolute atomic E-state index is 0.0424. The van der Waals surface area contributed by atoms with Crippen molar-refractivity contribution in [1.29, 1.82) is 0 Å². The van der Waals surface area contributed by atoms with Crippen LogP contribution in [0.15, 0.2) is 42.5 Å². The molecule has 0 saturated carbocycles. The first kappa shape index (κ1) is 25.0. The largest absolute Gasteiger partial charge is 0.508 e. The first-order valence-corrected chi connectivity index (χ1v) is 10.4. The molecule has 174 valence electrons. The monoisotopic (exact) mass is 442 g/mol. The Hall–Kier alpha value is -3.22. The standard InChI is InChI=1S/C25H34N2O5/c1-23(2,3)22(30)27(17-11-14-19(31-7)20(15-17)32-8)25(21(26)29,24(4,5)6)16-9-12-18(28)13-10-16/h9-15,28H,1-8H3,(H2,26,29). The van der Waals surface area contributed by atoms with Gasteiger partial charge in [0.25, 0.3) is 0 Å². The fraction of sp³-hybridized carbons (Fsp3) is 0.440. The number of hydrogen-bond donors (Lipinski definition) is 2. The van der Waals surface area contributed by atoms with E-state index >= 15 is 0 Å². The lowest BCUT2D eigenvalue weighted by molar-refractivity contribution is -0.136. The maximum absolute atomic E-state index is 14.0. The van der Waals surface area contributed by atoms with Gasteiger partial charge in [0, 0.05) is 17.2 Å². The van der Waals surface area contributed by atoms with Gasteiger partial charge < -0.3 is 20.3 Å². The summed E-state index contributed by atoms with van der Waals surface area (Å²) in [5.74, 6) is -0.0467. The maximum Gasteiger partial charge on any atom is 0.248 e. The number of carbonyl (C=O) groups is 2. The predicted octanol–water partition coefficient (Wildman–Crippen LogP) is 4.22. The molecule has 7 heteroatoms. The van der Waals surface area contributed by atoms with Gasteiger partial charge in [0.1, 0.15) is 5.75 Å². The summed E-state index contributed by atoms with van der Waals surface area (Å²) in [4.78, 5) is 28.8. The van der Waals surface area contributed by atoms with Crippen LogP contribution in [0.3, 0.4) is 0 Å². The van der Waals surface area contributed by atoms with Gasteiger partial charge in [-0.1, -0.05) is 53.7 Å². The Morgan fingerprint density at radius 3 is 1.81 bits per heavy atom. The number of ether oxygens (including phenoxy) is 2. The number of amides is 2. The molecule has 0 aliphatic rings. The van der Waals surface area contributed by atoms with Gasteiger partial charge in [0.15, 0.2) is 17.0 Å². The van der Waals surface area contributed by atoms with Crippen molar-refractivity contribution in [3.8, 4) is 17.2 Å². The Morgan fingerprint density at radius 2 is 1.41 bits per heavy atom. The van der Waals surface area contributed by atoms with Crippen molar-refractivity contribution in [1.82, 2.24) is 0 Å². The number of benzene rings is 2. The quantitative estimate of drug-likeness (QED) is 0.697. The van der Waals surface area contributed by atoms with Crippen LogP contribution in [0.4, 0.5) is 5.69 Å². The SMILES string of the molecule is COc1ccc(N(C(=O)C(C)(C)C)C(C(N)=O)(c2ccc(O)cc2)C(C)(C)C)cc1OC. The highest BCUT2D eigenvalue weighted by Gasteiger charge is 2.57. The zero-order valence-electron chi connectivity index (χ0n) is 20.1. The van der Waals surface area contributed by atoms with Gasteiger partial charge in [-0.3, -0.25) is 14.5 Å². The van der Waals surface area contributed by atoms with Crippen LogP contribution >= 0.6 is 0 Å². The average molecular weight is 443 g/mol. The molecule has 3 N–H and O–H groups in total. The van der Waals surface area contributed by atoms with Gasteiger partial charge >= 0.3 is 0 Å². The van der Waals surface area contributed by atoms with Gasteiger partial charge in [0.05, 0.1) is 14.2 Å². The van der Waals surface area contributed by atoms with Crippen LogP contribution in [-0.4, -0.2) is 31.1 Å². The molecule has 0 spiro atoms. The van der Waals surface area contributed by atoms with Crippen LogP contribution < -0.4 is 20.1 Å². The van der Waals surface area contributed by atoms with Gasteiger partial charge in [0.2, 0.25) is 11.8 Å². The van der Waals surface area contributed by atoms with Crippen molar-refractivity contribution < 1.29 is 24.2 Å². The van der Waals surface area contributed by atoms with E-state index in [0.717, 1.165) is 0 Å². The number of nitrogens with zero attached hydrogens (tertiary/aromatic N) is 1. The van der Waals surface area contributed by atoms with Crippen LogP contribution in [0.25, 0.3) is 0 Å². The Morgan fingerprint density at radius 1 is 0.875 bits per heavy atom. The third-order valence-electron chi connectivity index (χ3n) is 5.53. The van der Waals surface area contributed by atoms with E-state index in [1.807, 2.05) is 20.8 Å². The zero-order chi connectivity index (χ0) is 24.5. The van der Waals surface area contributed by atoms with Crippen LogP contribution in [0.5, 0.6) is 17.2 Å². The number of hydrogen-bond acceptors (Lipinski definition) is 5. The molecule has 0 saturated heterocycles. The summed E-state index contributed by atoms with van der Waals surface area (Å²) in [6.45, 7) is 10.9. The third kappa shape index (κ3) is 4.24. The highest BCUT2D eigenvalue weighted by molar-refractivity contribution is 6.06. The highest BCUT2D eigenvalue weighted by atomic mass is 16.5. The van der Waals surface area contributed by atoms with Crippen molar-refractivity contribution in [3.63, 3.8) is 0 Å². The number of carbonyl (C=O) groups excluding carboxylic acids is 2. The molecule has 0 heterocycles. The summed E-state index contributed by atoms with van der Waals surface area (Å²) in [5.41, 5.74) is 3.80. The summed E-state index contributed by atoms with van der Waals surface area (Å²) < 4.78 is 10.8. The molecular weight excluding hydrogens is 408 g/mol. The van der Waals surface area contributed by atoms with Crippen LogP contribution in [0.2, 0.25) is 0 Å². The maximum atomic E-state index is 14.0. The van der Waals surface area contributed by atoms with E-state index in [1.165, 1.54) is 31.3 Å². The molecule has 2 amide bonds. The number of nitrogens with two attached hydrogens (primary N) is 1. The Labute approximate surface area is 190 Å². The fourth-order valence-electron chi connectivity index (χ4n) is 3.98. The van der Waals surface area contributed by atoms with Gasteiger partial charge in [-0.15, -0.1) is 0 Å². The molecule has 1 atom stereocenters. The molecule has 2 aromatic carbocycles. The molecule has 0 bridgehead atoms. The van der Waals surface area contributed by atoms with Crippen molar-refractivity contribution in [2.24, 2.45) is 16.6 Å². The van der Waals surface area contributed by atoms with E-state index < -0.39 is 22.3 Å². The number of methoxy groups -OCH3 is 2. The molecule has 2 rings (SSSR count). The lowest BCUT2D eigenvalue weighted by atomic mass is 9.66. The van der Waals surface area contributed by atoms with E-state index in [-0.39, 0.29) is 11.7 Å². The van der Waals surface area contributed by atoms with E-state index in [2.05, 4.69) is 0 Å². The second-order valence-electron chi connectivity index (χ2n) is 9.80. The zero-order valence-corrected chi connectivity index (χ0v) is 20.1. The molecule has 2 aromatic rings. The summed E-state index contributed by atoms with van der Waals surface area (Å²) in [5, 5.41) is 9.86. The van der Waals surface area contributed by atoms with E-state index in [4.69, 9.17) is 15.2 Å². The first-order valence-electron chi connectivity index (χ1n) is 10.4. The summed E-state index contributed by atoms with van der Waals surface area (Å²) in [6.07, 6.45) is 0. The molecule has 0 aromatic heterocycles. The van der Waals surface area contributed by atoms with Crippen LogP contribution in [-0.2, 0) is 15.1 Å². The lowest BCUT2D eigenvalue weighted by Gasteiger charge is -2.51. The van der Waals surface area contributed by atoms with Crippen molar-refractivity contribution in [2.75, 3.05) is 19.1 Å². The molecular formula is C25H34N2O5. The second kappa shape index (κ2) is 8.73. The lowest BCUT2D eigenvalue weighted by Crippen LogP contribution is -2.65. The van der Waals surface area contributed by atoms with Gasteiger partial charge in [-0.05, 0) is 35.2 Å². The number of phenolic OH excluding ortho intramolecular Hbond substituents is 1. The van der Waals surface area contributed by atoms with Crippen molar-refractivity contribution in [2.45, 2.75) is 47.1 Å². The first-order chi connectivity index (χ1) is 14.7. The van der Waals surface area contributed by atoms with Crippen LogP contribution in [0.1, 0.15) is 47.1 Å². The Kier molecular flexibility index (Phi) is 6.83. The molecule has 7 nitrogen and oxygen atoms in total. The summed E-state index contributed by atoms with van der Waals surface area (Å²) in [6, 6.07) is 11.2. The number of rotatable bonds is 6. The smallest absolute Gasteiger partial charge is 0.248 e. The molecule has 0 radical (unpaired) electrons. The normalized spacial score (nSPS) is 13.8. The topological polar surface area (TPSA) is 102 Å². The fourth-order valence-corrected chi connectivity index (χ4v) is 3.98. The van der Waals surface area contributed by atoms with E-state index in [1.54, 1.807) is 51.1 Å². The Bertz CT molecular complexity index is 987. The van der Waals surface area contributed by atoms with Crippen LogP contribution in [0, 0.1) is 10.8 Å². The molecule has 1 unspecified atom stereocenters. The number of anilines is 1. The minimum atomic E-state index is -1.58. The van der Waals surface area contributed by atoms with Crippen molar-refractivity contribution >= 4 is 17.5 Å². The number of phenols is 1. The highest BCUT2D eigenvalue weighted by Crippen LogP contribution is 2.49. The minimum Gasteiger partial charge on any atom is -0.508 e. The van der Waals surface area contributed by atoms with Crippen molar-refractivity contribution in [3.05, 3.63) is 48.0 Å². The molecule has 0 aliphatic heterocycles. The predicted molar refractivity (Wildman–Crippen MR) is 125 cm³/mol. The molecule has 32 heavy (non-hydrogen) atoms. The molecule has 0 fully saturated rings. The third-order valence-corrected chi connectivity index (χ3v) is 5.53. The summed E-state index contributed by atoms with van der Waals surface area (Å²) in [7, 11) is 3.03. The van der Waals surface area contributed by atoms with E-state index in [0.29, 0.717) is 22.7 Å². The summed E-state index contributed by atoms with van der Waals surface area (Å²) >= 11 is 0. The average Bonchev–Trinajstić information content (AvgIpc) is 2.69. The van der Waals surface area contributed by atoms with Gasteiger partial charge in [-0.2, -0.15) is 0 Å². The van der Waals surface area contributed by atoms with E-state index in [9.17, 15) is 14.7 Å².